The van der Waals surface area contributed by atoms with Crippen LogP contribution in [-0.4, -0.2) is 26.8 Å². The van der Waals surface area contributed by atoms with Crippen molar-refractivity contribution in [1.82, 2.24) is 0 Å². The molecule has 2 aromatic rings. The third kappa shape index (κ3) is 4.54. The number of ether oxygens (including phenoxy) is 3. The summed E-state index contributed by atoms with van der Waals surface area (Å²) in [7, 11) is 2.85. The lowest BCUT2D eigenvalue weighted by Gasteiger charge is -2.13. The Balaban J connectivity index is 1.76. The van der Waals surface area contributed by atoms with Crippen molar-refractivity contribution in [2.24, 2.45) is 0 Å². The zero-order valence-electron chi connectivity index (χ0n) is 17.9. The highest BCUT2D eigenvalue weighted by Crippen LogP contribution is 2.35. The van der Waals surface area contributed by atoms with E-state index in [1.807, 2.05) is 25.1 Å². The van der Waals surface area contributed by atoms with E-state index in [1.54, 1.807) is 26.0 Å². The second-order valence-corrected chi connectivity index (χ2v) is 7.35. The highest BCUT2D eigenvalue weighted by molar-refractivity contribution is 5.89. The SMILES string of the molecule is COC(=O)c1ccc(/C=C(C)/C=C2\CO[C@@H](c3oc(OC)c(C)c(=O)c3C)C2)cc1. The predicted molar refractivity (Wildman–Crippen MR) is 114 cm³/mol. The first-order valence-corrected chi connectivity index (χ1v) is 9.70. The van der Waals surface area contributed by atoms with Crippen LogP contribution in [0.5, 0.6) is 5.95 Å². The molecule has 30 heavy (non-hydrogen) atoms. The summed E-state index contributed by atoms with van der Waals surface area (Å²) in [6.45, 7) is 5.92. The van der Waals surface area contributed by atoms with E-state index in [-0.39, 0.29) is 23.4 Å². The van der Waals surface area contributed by atoms with E-state index in [4.69, 9.17) is 18.6 Å². The Morgan fingerprint density at radius 3 is 2.47 bits per heavy atom. The molecule has 1 aliphatic heterocycles. The topological polar surface area (TPSA) is 75.0 Å². The number of carbonyl (C=O) groups is 1. The minimum atomic E-state index is -0.354. The Bertz CT molecular complexity index is 1060. The van der Waals surface area contributed by atoms with Crippen molar-refractivity contribution in [2.75, 3.05) is 20.8 Å². The fourth-order valence-electron chi connectivity index (χ4n) is 3.53. The summed E-state index contributed by atoms with van der Waals surface area (Å²) in [6.07, 6.45) is 4.43. The first-order valence-electron chi connectivity index (χ1n) is 9.70. The van der Waals surface area contributed by atoms with Gasteiger partial charge < -0.3 is 18.6 Å². The molecule has 2 heterocycles. The van der Waals surface area contributed by atoms with Crippen LogP contribution in [0.1, 0.15) is 52.3 Å². The molecule has 1 atom stereocenters. The monoisotopic (exact) mass is 410 g/mol. The Hall–Kier alpha value is -3.12. The molecule has 6 heteroatoms. The van der Waals surface area contributed by atoms with E-state index in [2.05, 4.69) is 6.08 Å². The fourth-order valence-corrected chi connectivity index (χ4v) is 3.53. The first kappa shape index (κ1) is 21.6. The summed E-state index contributed by atoms with van der Waals surface area (Å²) in [6, 6.07) is 7.22. The van der Waals surface area contributed by atoms with Crippen LogP contribution in [0.3, 0.4) is 0 Å². The number of carbonyl (C=O) groups excluding carboxylic acids is 1. The van der Waals surface area contributed by atoms with Gasteiger partial charge in [0, 0.05) is 12.0 Å². The van der Waals surface area contributed by atoms with Gasteiger partial charge in [-0.1, -0.05) is 29.9 Å². The summed E-state index contributed by atoms with van der Waals surface area (Å²) in [5, 5.41) is 0. The van der Waals surface area contributed by atoms with Gasteiger partial charge in [0.05, 0.1) is 32.0 Å². The number of esters is 1. The lowest BCUT2D eigenvalue weighted by Crippen LogP contribution is -2.15. The highest BCUT2D eigenvalue weighted by atomic mass is 16.6. The van der Waals surface area contributed by atoms with Gasteiger partial charge in [-0.2, -0.15) is 0 Å². The van der Waals surface area contributed by atoms with Crippen molar-refractivity contribution in [3.8, 4) is 5.95 Å². The van der Waals surface area contributed by atoms with E-state index in [0.29, 0.717) is 35.5 Å². The number of methoxy groups -OCH3 is 2. The number of hydrogen-bond donors (Lipinski definition) is 0. The van der Waals surface area contributed by atoms with E-state index in [9.17, 15) is 9.59 Å². The average molecular weight is 410 g/mol. The van der Waals surface area contributed by atoms with Crippen molar-refractivity contribution in [3.05, 3.63) is 79.7 Å². The second kappa shape index (κ2) is 9.13. The summed E-state index contributed by atoms with van der Waals surface area (Å²) in [5.41, 5.74) is 4.60. The van der Waals surface area contributed by atoms with Crippen LogP contribution in [0.25, 0.3) is 6.08 Å². The number of benzene rings is 1. The van der Waals surface area contributed by atoms with Crippen molar-refractivity contribution < 1.29 is 23.4 Å². The molecular formula is C24H26O6. The quantitative estimate of drug-likeness (QED) is 0.674. The molecule has 0 bridgehead atoms. The predicted octanol–water partition coefficient (Wildman–Crippen LogP) is 4.54. The molecule has 1 aromatic heterocycles. The minimum Gasteiger partial charge on any atom is -0.468 e. The smallest absolute Gasteiger partial charge is 0.337 e. The fraction of sp³-hybridized carbons (Fsp3) is 0.333. The number of rotatable bonds is 5. The van der Waals surface area contributed by atoms with Crippen LogP contribution < -0.4 is 10.2 Å². The van der Waals surface area contributed by atoms with Gasteiger partial charge in [0.1, 0.15) is 11.9 Å². The third-order valence-electron chi connectivity index (χ3n) is 5.11. The Labute approximate surface area is 175 Å². The first-order chi connectivity index (χ1) is 14.3. The van der Waals surface area contributed by atoms with Gasteiger partial charge in [0.15, 0.2) is 5.43 Å². The van der Waals surface area contributed by atoms with Crippen LogP contribution >= 0.6 is 0 Å². The molecule has 1 saturated heterocycles. The molecule has 1 fully saturated rings. The third-order valence-corrected chi connectivity index (χ3v) is 5.11. The standard InChI is InChI=1S/C24H26O6/c1-14(10-17-6-8-19(9-7-17)23(26)27-4)11-18-12-20(29-13-18)22-15(2)21(25)16(3)24(28-5)30-22/h6-11,20H,12-13H2,1-5H3/b14-10+,18-11-/t20-/m1/s1. The molecular weight excluding hydrogens is 384 g/mol. The maximum Gasteiger partial charge on any atom is 0.337 e. The highest BCUT2D eigenvalue weighted by Gasteiger charge is 2.28. The molecule has 1 aliphatic rings. The summed E-state index contributed by atoms with van der Waals surface area (Å²) < 4.78 is 21.6. The Morgan fingerprint density at radius 2 is 1.83 bits per heavy atom. The molecule has 0 spiro atoms. The van der Waals surface area contributed by atoms with Crippen molar-refractivity contribution >= 4 is 12.0 Å². The summed E-state index contributed by atoms with van der Waals surface area (Å²) >= 11 is 0. The molecule has 3 rings (SSSR count). The van der Waals surface area contributed by atoms with E-state index in [0.717, 1.165) is 16.7 Å². The molecule has 0 amide bonds. The number of hydrogen-bond acceptors (Lipinski definition) is 6. The van der Waals surface area contributed by atoms with Crippen LogP contribution in [-0.2, 0) is 9.47 Å². The largest absolute Gasteiger partial charge is 0.468 e. The van der Waals surface area contributed by atoms with Crippen LogP contribution in [0.15, 0.2) is 50.7 Å². The van der Waals surface area contributed by atoms with Crippen molar-refractivity contribution in [2.45, 2.75) is 33.3 Å². The van der Waals surface area contributed by atoms with E-state index in [1.165, 1.54) is 14.2 Å². The average Bonchev–Trinajstić information content (AvgIpc) is 3.20. The van der Waals surface area contributed by atoms with Gasteiger partial charge in [-0.05, 0) is 44.0 Å². The lowest BCUT2D eigenvalue weighted by atomic mass is 10.0. The maximum atomic E-state index is 12.4. The molecule has 1 aromatic carbocycles. The zero-order valence-corrected chi connectivity index (χ0v) is 17.9. The molecule has 0 unspecified atom stereocenters. The van der Waals surface area contributed by atoms with Crippen LogP contribution in [0, 0.1) is 13.8 Å². The molecule has 158 valence electrons. The van der Waals surface area contributed by atoms with Gasteiger partial charge in [0.2, 0.25) is 0 Å². The van der Waals surface area contributed by atoms with Gasteiger partial charge in [-0.15, -0.1) is 0 Å². The molecule has 0 aliphatic carbocycles. The van der Waals surface area contributed by atoms with Gasteiger partial charge in [0.25, 0.3) is 5.95 Å². The number of allylic oxidation sites excluding steroid dienone is 2. The van der Waals surface area contributed by atoms with Crippen LogP contribution in [0.4, 0.5) is 0 Å². The minimum absolute atomic E-state index is 0.0828. The zero-order chi connectivity index (χ0) is 21.8. The van der Waals surface area contributed by atoms with E-state index >= 15 is 0 Å². The normalized spacial score (nSPS) is 18.0. The summed E-state index contributed by atoms with van der Waals surface area (Å²) in [5.74, 6) is 0.396. The summed E-state index contributed by atoms with van der Waals surface area (Å²) in [4.78, 5) is 24.0. The maximum absolute atomic E-state index is 12.4. The van der Waals surface area contributed by atoms with Gasteiger partial charge in [-0.3, -0.25) is 4.79 Å². The van der Waals surface area contributed by atoms with Crippen LogP contribution in [0.2, 0.25) is 0 Å². The molecule has 0 saturated carbocycles. The molecule has 0 N–H and O–H groups in total. The van der Waals surface area contributed by atoms with Gasteiger partial charge >= 0.3 is 5.97 Å². The lowest BCUT2D eigenvalue weighted by molar-refractivity contribution is 0.0600. The Morgan fingerprint density at radius 1 is 1.13 bits per heavy atom. The molecule has 6 nitrogen and oxygen atoms in total. The second-order valence-electron chi connectivity index (χ2n) is 7.35. The Kier molecular flexibility index (Phi) is 6.57. The molecule has 0 radical (unpaired) electrons. The van der Waals surface area contributed by atoms with Gasteiger partial charge in [-0.25, -0.2) is 4.79 Å². The van der Waals surface area contributed by atoms with E-state index < -0.39 is 0 Å². The van der Waals surface area contributed by atoms with Crippen molar-refractivity contribution in [1.29, 1.82) is 0 Å². The van der Waals surface area contributed by atoms with Crippen molar-refractivity contribution in [3.63, 3.8) is 0 Å².